The quantitative estimate of drug-likeness (QED) is 0.847. The molecule has 1 aromatic carbocycles. The molecule has 1 aliphatic rings. The zero-order valence-corrected chi connectivity index (χ0v) is 13.0. The Morgan fingerprint density at radius 1 is 1.38 bits per heavy atom. The number of hydrogen-bond acceptors (Lipinski definition) is 3. The summed E-state index contributed by atoms with van der Waals surface area (Å²) in [5, 5.41) is 3.78. The van der Waals surface area contributed by atoms with E-state index in [-0.39, 0.29) is 11.3 Å². The molecule has 4 nitrogen and oxygen atoms in total. The van der Waals surface area contributed by atoms with Gasteiger partial charge in [-0.25, -0.2) is 0 Å². The molecule has 116 valence electrons. The first-order chi connectivity index (χ1) is 10.2. The van der Waals surface area contributed by atoms with Gasteiger partial charge in [0.1, 0.15) is 0 Å². The smallest absolute Gasteiger partial charge is 0.220 e. The molecule has 0 unspecified atom stereocenters. The van der Waals surface area contributed by atoms with Crippen molar-refractivity contribution in [1.29, 1.82) is 0 Å². The van der Waals surface area contributed by atoms with Crippen LogP contribution in [-0.4, -0.2) is 32.2 Å². The van der Waals surface area contributed by atoms with Crippen LogP contribution in [0.2, 0.25) is 5.02 Å². The number of rotatable bonds is 6. The Kier molecular flexibility index (Phi) is 6.03. The van der Waals surface area contributed by atoms with Crippen LogP contribution >= 0.6 is 11.6 Å². The second-order valence-electron chi connectivity index (χ2n) is 5.57. The molecule has 0 aromatic heterocycles. The molecule has 1 heterocycles. The molecule has 0 saturated carbocycles. The van der Waals surface area contributed by atoms with Gasteiger partial charge < -0.3 is 15.8 Å². The Morgan fingerprint density at radius 2 is 2.14 bits per heavy atom. The third-order valence-corrected chi connectivity index (χ3v) is 4.35. The largest absolute Gasteiger partial charge is 0.381 e. The van der Waals surface area contributed by atoms with Gasteiger partial charge in [0.15, 0.2) is 0 Å². The van der Waals surface area contributed by atoms with Crippen molar-refractivity contribution in [2.45, 2.75) is 31.1 Å². The highest BCUT2D eigenvalue weighted by molar-refractivity contribution is 6.30. The molecule has 0 spiro atoms. The van der Waals surface area contributed by atoms with Crippen LogP contribution in [0.25, 0.3) is 0 Å². The highest BCUT2D eigenvalue weighted by Crippen LogP contribution is 2.35. The van der Waals surface area contributed by atoms with Crippen molar-refractivity contribution in [1.82, 2.24) is 5.32 Å². The van der Waals surface area contributed by atoms with E-state index >= 15 is 0 Å². The fourth-order valence-electron chi connectivity index (χ4n) is 2.77. The van der Waals surface area contributed by atoms with E-state index in [0.717, 1.165) is 24.3 Å². The van der Waals surface area contributed by atoms with E-state index in [9.17, 15) is 4.79 Å². The van der Waals surface area contributed by atoms with Crippen molar-refractivity contribution < 1.29 is 9.53 Å². The van der Waals surface area contributed by atoms with Crippen molar-refractivity contribution in [3.8, 4) is 0 Å². The summed E-state index contributed by atoms with van der Waals surface area (Å²) in [5.41, 5.74) is 6.53. The van der Waals surface area contributed by atoms with Crippen molar-refractivity contribution in [2.75, 3.05) is 26.3 Å². The average Bonchev–Trinajstić information content (AvgIpc) is 2.52. The van der Waals surface area contributed by atoms with Crippen LogP contribution in [0.15, 0.2) is 24.3 Å². The molecule has 21 heavy (non-hydrogen) atoms. The Labute approximate surface area is 131 Å². The maximum atomic E-state index is 11.9. The predicted molar refractivity (Wildman–Crippen MR) is 84.5 cm³/mol. The second kappa shape index (κ2) is 7.78. The number of carbonyl (C=O) groups is 1. The van der Waals surface area contributed by atoms with Crippen LogP contribution in [0.4, 0.5) is 0 Å². The van der Waals surface area contributed by atoms with Crippen molar-refractivity contribution >= 4 is 17.5 Å². The van der Waals surface area contributed by atoms with Gasteiger partial charge in [0.25, 0.3) is 0 Å². The molecule has 0 atom stereocenters. The highest BCUT2D eigenvalue weighted by Gasteiger charge is 2.34. The lowest BCUT2D eigenvalue weighted by Crippen LogP contribution is -2.44. The Hall–Kier alpha value is -1.10. The van der Waals surface area contributed by atoms with Gasteiger partial charge in [0.05, 0.1) is 0 Å². The van der Waals surface area contributed by atoms with Crippen LogP contribution in [0.1, 0.15) is 31.2 Å². The number of hydrogen-bond donors (Lipinski definition) is 2. The van der Waals surface area contributed by atoms with Gasteiger partial charge in [-0.15, -0.1) is 0 Å². The third-order valence-electron chi connectivity index (χ3n) is 4.12. The van der Waals surface area contributed by atoms with Gasteiger partial charge in [-0.3, -0.25) is 4.79 Å². The monoisotopic (exact) mass is 310 g/mol. The van der Waals surface area contributed by atoms with E-state index in [1.165, 1.54) is 5.56 Å². The SMILES string of the molecule is NCCCC(=O)NCC1(c2cccc(Cl)c2)CCOCC1. The number of amides is 1. The summed E-state index contributed by atoms with van der Waals surface area (Å²) in [5.74, 6) is 0.0633. The lowest BCUT2D eigenvalue weighted by Gasteiger charge is -2.38. The van der Waals surface area contributed by atoms with E-state index in [1.807, 2.05) is 18.2 Å². The summed E-state index contributed by atoms with van der Waals surface area (Å²) in [6.07, 6.45) is 2.99. The number of ether oxygens (including phenoxy) is 1. The fraction of sp³-hybridized carbons (Fsp3) is 0.562. The molecule has 0 bridgehead atoms. The molecule has 1 amide bonds. The van der Waals surface area contributed by atoms with Crippen LogP contribution in [0.5, 0.6) is 0 Å². The number of nitrogens with one attached hydrogen (secondary N) is 1. The van der Waals surface area contributed by atoms with E-state index in [0.29, 0.717) is 32.7 Å². The molecular weight excluding hydrogens is 288 g/mol. The molecule has 5 heteroatoms. The third kappa shape index (κ3) is 4.43. The minimum Gasteiger partial charge on any atom is -0.381 e. The summed E-state index contributed by atoms with van der Waals surface area (Å²) in [6, 6.07) is 7.92. The Morgan fingerprint density at radius 3 is 2.81 bits per heavy atom. The van der Waals surface area contributed by atoms with E-state index < -0.39 is 0 Å². The van der Waals surface area contributed by atoms with Gasteiger partial charge in [-0.05, 0) is 43.5 Å². The maximum absolute atomic E-state index is 11.9. The van der Waals surface area contributed by atoms with Crippen molar-refractivity contribution in [2.24, 2.45) is 5.73 Å². The molecule has 3 N–H and O–H groups in total. The number of carbonyl (C=O) groups excluding carboxylic acids is 1. The number of benzene rings is 1. The number of halogens is 1. The first-order valence-electron chi connectivity index (χ1n) is 7.47. The minimum atomic E-state index is -0.0818. The van der Waals surface area contributed by atoms with Crippen LogP contribution in [-0.2, 0) is 14.9 Å². The van der Waals surface area contributed by atoms with Crippen molar-refractivity contribution in [3.63, 3.8) is 0 Å². The van der Waals surface area contributed by atoms with Gasteiger partial charge in [0, 0.05) is 36.6 Å². The molecule has 2 rings (SSSR count). The normalized spacial score (nSPS) is 17.4. The van der Waals surface area contributed by atoms with Gasteiger partial charge in [-0.2, -0.15) is 0 Å². The second-order valence-corrected chi connectivity index (χ2v) is 6.01. The molecule has 0 aliphatic carbocycles. The molecular formula is C16H23ClN2O2. The van der Waals surface area contributed by atoms with Crippen molar-refractivity contribution in [3.05, 3.63) is 34.9 Å². The summed E-state index contributed by atoms with van der Waals surface area (Å²) < 4.78 is 5.49. The van der Waals surface area contributed by atoms with Gasteiger partial charge >= 0.3 is 0 Å². The highest BCUT2D eigenvalue weighted by atomic mass is 35.5. The molecule has 1 aliphatic heterocycles. The lowest BCUT2D eigenvalue weighted by molar-refractivity contribution is -0.121. The molecule has 1 saturated heterocycles. The van der Waals surface area contributed by atoms with E-state index in [4.69, 9.17) is 22.1 Å². The minimum absolute atomic E-state index is 0.0633. The molecule has 1 fully saturated rings. The topological polar surface area (TPSA) is 64.4 Å². The van der Waals surface area contributed by atoms with Crippen LogP contribution < -0.4 is 11.1 Å². The fourth-order valence-corrected chi connectivity index (χ4v) is 2.96. The predicted octanol–water partition coefficient (Wildman–Crippen LogP) is 2.24. The molecule has 1 aromatic rings. The van der Waals surface area contributed by atoms with E-state index in [1.54, 1.807) is 0 Å². The maximum Gasteiger partial charge on any atom is 0.220 e. The first-order valence-corrected chi connectivity index (χ1v) is 7.85. The summed E-state index contributed by atoms with van der Waals surface area (Å²) in [7, 11) is 0. The zero-order chi connectivity index (χ0) is 15.1. The van der Waals surface area contributed by atoms with Gasteiger partial charge in [-0.1, -0.05) is 23.7 Å². The summed E-state index contributed by atoms with van der Waals surface area (Å²) in [4.78, 5) is 11.9. The number of nitrogens with two attached hydrogens (primary N) is 1. The Balaban J connectivity index is 2.08. The van der Waals surface area contributed by atoms with Crippen LogP contribution in [0, 0.1) is 0 Å². The lowest BCUT2D eigenvalue weighted by atomic mass is 9.74. The standard InChI is InChI=1S/C16H23ClN2O2/c17-14-4-1-3-13(11-14)16(6-9-21-10-7-16)12-19-15(20)5-2-8-18/h1,3-4,11H,2,5-10,12,18H2,(H,19,20). The molecule has 0 radical (unpaired) electrons. The average molecular weight is 311 g/mol. The zero-order valence-electron chi connectivity index (χ0n) is 12.2. The van der Waals surface area contributed by atoms with Gasteiger partial charge in [0.2, 0.25) is 5.91 Å². The van der Waals surface area contributed by atoms with Crippen LogP contribution in [0.3, 0.4) is 0 Å². The van der Waals surface area contributed by atoms with E-state index in [2.05, 4.69) is 11.4 Å². The Bertz CT molecular complexity index is 473. The summed E-state index contributed by atoms with van der Waals surface area (Å²) in [6.45, 7) is 2.59. The first kappa shape index (κ1) is 16.3. The summed E-state index contributed by atoms with van der Waals surface area (Å²) >= 11 is 6.12.